The number of nitro groups is 1. The quantitative estimate of drug-likeness (QED) is 0.426. The van der Waals surface area contributed by atoms with Crippen LogP contribution in [-0.2, 0) is 4.74 Å². The molecule has 0 heterocycles. The summed E-state index contributed by atoms with van der Waals surface area (Å²) in [5, 5.41) is 10.5. The van der Waals surface area contributed by atoms with Gasteiger partial charge in [0.15, 0.2) is 6.79 Å². The van der Waals surface area contributed by atoms with Crippen molar-refractivity contribution in [3.8, 4) is 5.75 Å². The summed E-state index contributed by atoms with van der Waals surface area (Å²) in [6.07, 6.45) is 0.0729. The van der Waals surface area contributed by atoms with Gasteiger partial charge in [-0.15, -0.1) is 0 Å². The number of rotatable bonds is 5. The highest BCUT2D eigenvalue weighted by Gasteiger charge is 2.06. The maximum absolute atomic E-state index is 10.5. The van der Waals surface area contributed by atoms with Crippen molar-refractivity contribution < 1.29 is 14.4 Å². The van der Waals surface area contributed by atoms with E-state index < -0.39 is 4.92 Å². The highest BCUT2D eigenvalue weighted by atomic mass is 16.7. The van der Waals surface area contributed by atoms with Crippen LogP contribution in [0.4, 0.5) is 5.69 Å². The van der Waals surface area contributed by atoms with Gasteiger partial charge in [0.1, 0.15) is 5.75 Å². The minimum Gasteiger partial charge on any atom is -0.467 e. The van der Waals surface area contributed by atoms with E-state index in [9.17, 15) is 10.1 Å². The Morgan fingerprint density at radius 1 is 1.47 bits per heavy atom. The number of nitrogens with zero attached hydrogens (tertiary/aromatic N) is 1. The van der Waals surface area contributed by atoms with Crippen molar-refractivity contribution in [1.29, 1.82) is 0 Å². The molecule has 0 aliphatic heterocycles. The molecule has 0 unspecified atom stereocenters. The first-order valence-electron chi connectivity index (χ1n) is 4.58. The molecule has 0 spiro atoms. The minimum atomic E-state index is -0.462. The Morgan fingerprint density at radius 3 is 2.80 bits per heavy atom. The van der Waals surface area contributed by atoms with E-state index in [4.69, 9.17) is 9.47 Å². The Kier molecular flexibility index (Phi) is 4.05. The molecule has 1 rings (SSSR count). The molecule has 5 heteroatoms. The van der Waals surface area contributed by atoms with Crippen LogP contribution < -0.4 is 4.74 Å². The lowest BCUT2D eigenvalue weighted by Gasteiger charge is -2.08. The lowest BCUT2D eigenvalue weighted by Crippen LogP contribution is -2.09. The van der Waals surface area contributed by atoms with Crippen molar-refractivity contribution in [1.82, 2.24) is 0 Å². The Labute approximate surface area is 87.8 Å². The zero-order valence-electron chi connectivity index (χ0n) is 8.67. The Morgan fingerprint density at radius 2 is 2.20 bits per heavy atom. The zero-order chi connectivity index (χ0) is 11.3. The highest BCUT2D eigenvalue weighted by Crippen LogP contribution is 2.18. The summed E-state index contributed by atoms with van der Waals surface area (Å²) < 4.78 is 10.3. The fourth-order valence-corrected chi connectivity index (χ4v) is 0.925. The van der Waals surface area contributed by atoms with Gasteiger partial charge in [-0.1, -0.05) is 6.07 Å². The molecule has 0 fully saturated rings. The third-order valence-electron chi connectivity index (χ3n) is 1.66. The van der Waals surface area contributed by atoms with E-state index >= 15 is 0 Å². The van der Waals surface area contributed by atoms with Crippen molar-refractivity contribution in [2.24, 2.45) is 0 Å². The van der Waals surface area contributed by atoms with Crippen molar-refractivity contribution in [3.63, 3.8) is 0 Å². The topological polar surface area (TPSA) is 61.6 Å². The first kappa shape index (κ1) is 11.5. The molecule has 0 aliphatic rings. The second-order valence-corrected chi connectivity index (χ2v) is 3.23. The summed E-state index contributed by atoms with van der Waals surface area (Å²) in [5.41, 5.74) is 0.0112. The number of benzene rings is 1. The minimum absolute atomic E-state index is 0.0112. The predicted octanol–water partition coefficient (Wildman–Crippen LogP) is 2.36. The van der Waals surface area contributed by atoms with E-state index in [-0.39, 0.29) is 18.6 Å². The SMILES string of the molecule is CC(C)OCOc1cccc([N+](=O)[O-])c1. The monoisotopic (exact) mass is 211 g/mol. The molecule has 0 amide bonds. The smallest absolute Gasteiger partial charge is 0.273 e. The van der Waals surface area contributed by atoms with Gasteiger partial charge in [-0.05, 0) is 19.9 Å². The molecule has 0 N–H and O–H groups in total. The zero-order valence-corrected chi connectivity index (χ0v) is 8.67. The molecule has 0 bridgehead atoms. The molecule has 0 aromatic heterocycles. The summed E-state index contributed by atoms with van der Waals surface area (Å²) in [4.78, 5) is 9.99. The molecule has 0 saturated heterocycles. The molecular weight excluding hydrogens is 198 g/mol. The van der Waals surface area contributed by atoms with Gasteiger partial charge in [0, 0.05) is 6.07 Å². The van der Waals surface area contributed by atoms with Crippen molar-refractivity contribution in [2.75, 3.05) is 6.79 Å². The van der Waals surface area contributed by atoms with Crippen LogP contribution in [0.1, 0.15) is 13.8 Å². The molecule has 1 aromatic carbocycles. The number of non-ortho nitro benzene ring substituents is 1. The lowest BCUT2D eigenvalue weighted by molar-refractivity contribution is -0.385. The summed E-state index contributed by atoms with van der Waals surface area (Å²) in [6.45, 7) is 3.87. The van der Waals surface area contributed by atoms with Gasteiger partial charge in [-0.25, -0.2) is 0 Å². The molecular formula is C10H13NO4. The Balaban J connectivity index is 2.54. The molecule has 0 aliphatic carbocycles. The summed E-state index contributed by atoms with van der Waals surface area (Å²) >= 11 is 0. The molecule has 5 nitrogen and oxygen atoms in total. The van der Waals surface area contributed by atoms with Crippen LogP contribution in [0.15, 0.2) is 24.3 Å². The lowest BCUT2D eigenvalue weighted by atomic mass is 10.3. The van der Waals surface area contributed by atoms with Gasteiger partial charge >= 0.3 is 0 Å². The van der Waals surface area contributed by atoms with Crippen LogP contribution in [-0.4, -0.2) is 17.8 Å². The maximum Gasteiger partial charge on any atom is 0.273 e. The van der Waals surface area contributed by atoms with Crippen LogP contribution in [0.25, 0.3) is 0 Å². The fraction of sp³-hybridized carbons (Fsp3) is 0.400. The standard InChI is InChI=1S/C10H13NO4/c1-8(2)14-7-15-10-5-3-4-9(6-10)11(12)13/h3-6,8H,7H2,1-2H3. The number of ether oxygens (including phenoxy) is 2. The predicted molar refractivity (Wildman–Crippen MR) is 54.8 cm³/mol. The van der Waals surface area contributed by atoms with Gasteiger partial charge in [0.05, 0.1) is 17.1 Å². The fourth-order valence-electron chi connectivity index (χ4n) is 0.925. The summed E-state index contributed by atoms with van der Waals surface area (Å²) in [7, 11) is 0. The molecule has 0 atom stereocenters. The maximum atomic E-state index is 10.5. The van der Waals surface area contributed by atoms with Crippen molar-refractivity contribution >= 4 is 5.69 Å². The molecule has 0 saturated carbocycles. The number of hydrogen-bond acceptors (Lipinski definition) is 4. The van der Waals surface area contributed by atoms with Gasteiger partial charge in [0.25, 0.3) is 5.69 Å². The van der Waals surface area contributed by atoms with Crippen LogP contribution in [0.2, 0.25) is 0 Å². The van der Waals surface area contributed by atoms with E-state index in [0.717, 1.165) is 0 Å². The first-order valence-corrected chi connectivity index (χ1v) is 4.58. The van der Waals surface area contributed by atoms with Gasteiger partial charge < -0.3 is 9.47 Å². The van der Waals surface area contributed by atoms with Crippen molar-refractivity contribution in [2.45, 2.75) is 20.0 Å². The van der Waals surface area contributed by atoms with Crippen LogP contribution >= 0.6 is 0 Å². The second-order valence-electron chi connectivity index (χ2n) is 3.23. The average molecular weight is 211 g/mol. The second kappa shape index (κ2) is 5.31. The third kappa shape index (κ3) is 3.95. The van der Waals surface area contributed by atoms with Crippen LogP contribution in [0.5, 0.6) is 5.75 Å². The third-order valence-corrected chi connectivity index (χ3v) is 1.66. The Bertz CT molecular complexity index is 338. The molecule has 15 heavy (non-hydrogen) atoms. The van der Waals surface area contributed by atoms with E-state index in [1.165, 1.54) is 12.1 Å². The van der Waals surface area contributed by atoms with E-state index in [0.29, 0.717) is 5.75 Å². The van der Waals surface area contributed by atoms with Gasteiger partial charge in [0.2, 0.25) is 0 Å². The number of hydrogen-bond donors (Lipinski definition) is 0. The number of nitro benzene ring substituents is 1. The summed E-state index contributed by atoms with van der Waals surface area (Å²) in [5.74, 6) is 0.435. The van der Waals surface area contributed by atoms with Crippen LogP contribution in [0.3, 0.4) is 0 Å². The molecule has 0 radical (unpaired) electrons. The van der Waals surface area contributed by atoms with E-state index in [1.54, 1.807) is 12.1 Å². The highest BCUT2D eigenvalue weighted by molar-refractivity contribution is 5.37. The van der Waals surface area contributed by atoms with Crippen LogP contribution in [0, 0.1) is 10.1 Å². The molecule has 82 valence electrons. The van der Waals surface area contributed by atoms with Gasteiger partial charge in [-0.3, -0.25) is 10.1 Å². The largest absolute Gasteiger partial charge is 0.467 e. The van der Waals surface area contributed by atoms with Crippen molar-refractivity contribution in [3.05, 3.63) is 34.4 Å². The van der Waals surface area contributed by atoms with E-state index in [1.807, 2.05) is 13.8 Å². The Hall–Kier alpha value is -1.62. The average Bonchev–Trinajstić information content (AvgIpc) is 2.17. The van der Waals surface area contributed by atoms with Gasteiger partial charge in [-0.2, -0.15) is 0 Å². The van der Waals surface area contributed by atoms with E-state index in [2.05, 4.69) is 0 Å². The molecule has 1 aromatic rings. The first-order chi connectivity index (χ1) is 7.09. The summed E-state index contributed by atoms with van der Waals surface area (Å²) in [6, 6.07) is 6.00. The normalized spacial score (nSPS) is 10.3.